The fraction of sp³-hybridized carbons (Fsp3) is 0.545. The highest BCUT2D eigenvalue weighted by molar-refractivity contribution is 7.88. The highest BCUT2D eigenvalue weighted by atomic mass is 32.2. The van der Waals surface area contributed by atoms with Crippen LogP contribution in [0.4, 0.5) is 0 Å². The van der Waals surface area contributed by atoms with Gasteiger partial charge in [0.2, 0.25) is 10.0 Å². The molecule has 88 valence electrons. The maximum atomic E-state index is 11.6. The van der Waals surface area contributed by atoms with E-state index in [1.54, 1.807) is 4.31 Å². The molecule has 16 heavy (non-hydrogen) atoms. The molecule has 0 spiro atoms. The van der Waals surface area contributed by atoms with Gasteiger partial charge in [-0.1, -0.05) is 6.07 Å². The number of aromatic nitrogens is 1. The van der Waals surface area contributed by atoms with Crippen molar-refractivity contribution in [2.45, 2.75) is 25.8 Å². The SMILES string of the molecule is Cc1cccc([C@H]2CCCN2S(C)(=O)=O)n1. The standard InChI is InChI=1S/C11H16N2O2S/c1-9-5-3-6-10(12-9)11-7-4-8-13(11)16(2,14)15/h3,5-6,11H,4,7-8H2,1-2H3/t11-/m1/s1. The average molecular weight is 240 g/mol. The van der Waals surface area contributed by atoms with Crippen LogP contribution in [0.15, 0.2) is 18.2 Å². The Kier molecular flexibility index (Phi) is 2.99. The minimum Gasteiger partial charge on any atom is -0.256 e. The van der Waals surface area contributed by atoms with Crippen LogP contribution in [-0.2, 0) is 10.0 Å². The summed E-state index contributed by atoms with van der Waals surface area (Å²) in [4.78, 5) is 4.41. The molecule has 1 atom stereocenters. The zero-order valence-corrected chi connectivity index (χ0v) is 10.4. The van der Waals surface area contributed by atoms with Crippen molar-refractivity contribution in [2.75, 3.05) is 12.8 Å². The van der Waals surface area contributed by atoms with E-state index in [1.165, 1.54) is 6.26 Å². The first-order valence-corrected chi connectivity index (χ1v) is 7.24. The van der Waals surface area contributed by atoms with E-state index in [1.807, 2.05) is 25.1 Å². The van der Waals surface area contributed by atoms with Gasteiger partial charge in [0.25, 0.3) is 0 Å². The number of rotatable bonds is 2. The molecular weight excluding hydrogens is 224 g/mol. The Morgan fingerprint density at radius 2 is 2.19 bits per heavy atom. The molecule has 4 nitrogen and oxygen atoms in total. The van der Waals surface area contributed by atoms with Gasteiger partial charge in [0.15, 0.2) is 0 Å². The second-order valence-electron chi connectivity index (χ2n) is 4.24. The van der Waals surface area contributed by atoms with Crippen LogP contribution >= 0.6 is 0 Å². The third-order valence-electron chi connectivity index (χ3n) is 2.88. The zero-order valence-electron chi connectivity index (χ0n) is 9.55. The van der Waals surface area contributed by atoms with Crippen LogP contribution in [-0.4, -0.2) is 30.5 Å². The smallest absolute Gasteiger partial charge is 0.211 e. The van der Waals surface area contributed by atoms with Crippen molar-refractivity contribution in [3.63, 3.8) is 0 Å². The highest BCUT2D eigenvalue weighted by Gasteiger charge is 2.33. The fourth-order valence-electron chi connectivity index (χ4n) is 2.18. The Morgan fingerprint density at radius 1 is 1.44 bits per heavy atom. The molecule has 0 aliphatic carbocycles. The van der Waals surface area contributed by atoms with E-state index in [2.05, 4.69) is 4.98 Å². The van der Waals surface area contributed by atoms with E-state index in [4.69, 9.17) is 0 Å². The van der Waals surface area contributed by atoms with Crippen molar-refractivity contribution in [3.05, 3.63) is 29.6 Å². The first kappa shape index (κ1) is 11.5. The van der Waals surface area contributed by atoms with Crippen molar-refractivity contribution in [1.82, 2.24) is 9.29 Å². The first-order valence-electron chi connectivity index (χ1n) is 5.39. The molecule has 0 amide bonds. The maximum absolute atomic E-state index is 11.6. The summed E-state index contributed by atoms with van der Waals surface area (Å²) in [7, 11) is -3.12. The van der Waals surface area contributed by atoms with Crippen LogP contribution in [0.1, 0.15) is 30.3 Å². The van der Waals surface area contributed by atoms with Crippen LogP contribution in [0.3, 0.4) is 0 Å². The van der Waals surface area contributed by atoms with Gasteiger partial charge in [-0.15, -0.1) is 0 Å². The van der Waals surface area contributed by atoms with E-state index < -0.39 is 10.0 Å². The number of pyridine rings is 1. The summed E-state index contributed by atoms with van der Waals surface area (Å²) in [6.07, 6.45) is 3.04. The van der Waals surface area contributed by atoms with E-state index in [0.717, 1.165) is 24.2 Å². The third kappa shape index (κ3) is 2.25. The van der Waals surface area contributed by atoms with E-state index in [-0.39, 0.29) is 6.04 Å². The summed E-state index contributed by atoms with van der Waals surface area (Å²) in [6.45, 7) is 2.53. The molecule has 1 aliphatic rings. The number of hydrogen-bond acceptors (Lipinski definition) is 3. The normalized spacial score (nSPS) is 22.5. The van der Waals surface area contributed by atoms with Gasteiger partial charge in [-0.2, -0.15) is 4.31 Å². The van der Waals surface area contributed by atoms with E-state index >= 15 is 0 Å². The lowest BCUT2D eigenvalue weighted by Crippen LogP contribution is -2.29. The summed E-state index contributed by atoms with van der Waals surface area (Å²) in [5, 5.41) is 0. The van der Waals surface area contributed by atoms with Crippen molar-refractivity contribution in [2.24, 2.45) is 0 Å². The number of nitrogens with zero attached hydrogens (tertiary/aromatic N) is 2. The van der Waals surface area contributed by atoms with Crippen LogP contribution in [0, 0.1) is 6.92 Å². The lowest BCUT2D eigenvalue weighted by Gasteiger charge is -2.21. The molecule has 1 saturated heterocycles. The van der Waals surface area contributed by atoms with Crippen LogP contribution in [0.2, 0.25) is 0 Å². The Balaban J connectivity index is 2.34. The molecule has 1 fully saturated rings. The largest absolute Gasteiger partial charge is 0.256 e. The monoisotopic (exact) mass is 240 g/mol. The van der Waals surface area contributed by atoms with Gasteiger partial charge >= 0.3 is 0 Å². The van der Waals surface area contributed by atoms with E-state index in [0.29, 0.717) is 6.54 Å². The Morgan fingerprint density at radius 3 is 2.81 bits per heavy atom. The van der Waals surface area contributed by atoms with Gasteiger partial charge < -0.3 is 0 Å². The summed E-state index contributed by atoms with van der Waals surface area (Å²) < 4.78 is 24.8. The quantitative estimate of drug-likeness (QED) is 0.787. The van der Waals surface area contributed by atoms with E-state index in [9.17, 15) is 8.42 Å². The second kappa shape index (κ2) is 4.14. The van der Waals surface area contributed by atoms with Crippen LogP contribution < -0.4 is 0 Å². The predicted octanol–water partition coefficient (Wildman–Crippen LogP) is 1.49. The van der Waals surface area contributed by atoms with Crippen molar-refractivity contribution >= 4 is 10.0 Å². The maximum Gasteiger partial charge on any atom is 0.211 e. The number of hydrogen-bond donors (Lipinski definition) is 0. The van der Waals surface area contributed by atoms with Crippen molar-refractivity contribution in [1.29, 1.82) is 0 Å². The summed E-state index contributed by atoms with van der Waals surface area (Å²) >= 11 is 0. The molecule has 1 aromatic heterocycles. The third-order valence-corrected chi connectivity index (χ3v) is 4.17. The van der Waals surface area contributed by atoms with Gasteiger partial charge in [-0.25, -0.2) is 8.42 Å². The van der Waals surface area contributed by atoms with Crippen molar-refractivity contribution < 1.29 is 8.42 Å². The van der Waals surface area contributed by atoms with Crippen LogP contribution in [0.5, 0.6) is 0 Å². The van der Waals surface area contributed by atoms with Gasteiger partial charge in [-0.3, -0.25) is 4.98 Å². The molecule has 0 N–H and O–H groups in total. The molecule has 1 aliphatic heterocycles. The second-order valence-corrected chi connectivity index (χ2v) is 6.17. The molecule has 5 heteroatoms. The molecule has 0 aromatic carbocycles. The van der Waals surface area contributed by atoms with Gasteiger partial charge in [-0.05, 0) is 31.9 Å². The lowest BCUT2D eigenvalue weighted by molar-refractivity contribution is 0.393. The highest BCUT2D eigenvalue weighted by Crippen LogP contribution is 2.32. The molecule has 0 radical (unpaired) electrons. The van der Waals surface area contributed by atoms with Gasteiger partial charge in [0.1, 0.15) is 0 Å². The summed E-state index contributed by atoms with van der Waals surface area (Å²) in [5.41, 5.74) is 1.79. The zero-order chi connectivity index (χ0) is 11.8. The lowest BCUT2D eigenvalue weighted by atomic mass is 10.1. The minimum absolute atomic E-state index is 0.0742. The number of aryl methyl sites for hydroxylation is 1. The minimum atomic E-state index is -3.12. The summed E-state index contributed by atoms with van der Waals surface area (Å²) in [6, 6.07) is 5.68. The Bertz CT molecular complexity index is 485. The Labute approximate surface area is 96.4 Å². The first-order chi connectivity index (χ1) is 7.48. The number of sulfonamides is 1. The molecular formula is C11H16N2O2S. The average Bonchev–Trinajstić information content (AvgIpc) is 2.65. The topological polar surface area (TPSA) is 50.3 Å². The fourth-order valence-corrected chi connectivity index (χ4v) is 3.32. The summed E-state index contributed by atoms with van der Waals surface area (Å²) in [5.74, 6) is 0. The van der Waals surface area contributed by atoms with Crippen molar-refractivity contribution in [3.8, 4) is 0 Å². The molecule has 0 saturated carbocycles. The van der Waals surface area contributed by atoms with Crippen LogP contribution in [0.25, 0.3) is 0 Å². The molecule has 0 bridgehead atoms. The molecule has 0 unspecified atom stereocenters. The van der Waals surface area contributed by atoms with Gasteiger partial charge in [0.05, 0.1) is 18.0 Å². The molecule has 2 rings (SSSR count). The molecule has 1 aromatic rings. The predicted molar refractivity (Wildman–Crippen MR) is 62.5 cm³/mol. The Hall–Kier alpha value is -0.940. The van der Waals surface area contributed by atoms with Gasteiger partial charge in [0, 0.05) is 12.2 Å². The molecule has 2 heterocycles.